The summed E-state index contributed by atoms with van der Waals surface area (Å²) in [6.45, 7) is 0.855. The molecule has 0 fully saturated rings. The molecule has 0 aromatic heterocycles. The standard InChI is InChI=1S/C25H24Cl3N3O4S/c1-17(25(33)29-2)30(15-21-22(27)9-6-10-23(21)28)24(32)16-31(19-13-11-18(26)12-14-19)36(34,35)20-7-4-3-5-8-20/h3-14,17H,15-16H2,1-2H3,(H,29,33). The highest BCUT2D eigenvalue weighted by Crippen LogP contribution is 2.28. The largest absolute Gasteiger partial charge is 0.357 e. The first-order valence-corrected chi connectivity index (χ1v) is 13.4. The molecule has 0 saturated heterocycles. The predicted octanol–water partition coefficient (Wildman–Crippen LogP) is 5.01. The van der Waals surface area contributed by atoms with Crippen molar-refractivity contribution in [1.82, 2.24) is 10.2 Å². The average molecular weight is 569 g/mol. The lowest BCUT2D eigenvalue weighted by Gasteiger charge is -2.32. The molecule has 0 saturated carbocycles. The second kappa shape index (κ2) is 12.0. The van der Waals surface area contributed by atoms with E-state index in [1.54, 1.807) is 43.3 Å². The molecule has 11 heteroatoms. The van der Waals surface area contributed by atoms with Gasteiger partial charge in [-0.15, -0.1) is 0 Å². The molecule has 3 aromatic rings. The van der Waals surface area contributed by atoms with Gasteiger partial charge >= 0.3 is 0 Å². The summed E-state index contributed by atoms with van der Waals surface area (Å²) in [5.41, 5.74) is 0.675. The molecule has 1 atom stereocenters. The number of sulfonamides is 1. The topological polar surface area (TPSA) is 86.8 Å². The third-order valence-corrected chi connectivity index (χ3v) is 8.28. The minimum absolute atomic E-state index is 0.00722. The van der Waals surface area contributed by atoms with E-state index in [9.17, 15) is 18.0 Å². The number of halogens is 3. The monoisotopic (exact) mass is 567 g/mol. The second-order valence-corrected chi connectivity index (χ2v) is 10.9. The van der Waals surface area contributed by atoms with Crippen LogP contribution in [-0.2, 0) is 26.2 Å². The SMILES string of the molecule is CNC(=O)C(C)N(Cc1c(Cl)cccc1Cl)C(=O)CN(c1ccc(Cl)cc1)S(=O)(=O)c1ccccc1. The second-order valence-electron chi connectivity index (χ2n) is 7.81. The van der Waals surface area contributed by atoms with E-state index in [0.29, 0.717) is 20.6 Å². The van der Waals surface area contributed by atoms with E-state index in [0.717, 1.165) is 4.31 Å². The lowest BCUT2D eigenvalue weighted by atomic mass is 10.1. The van der Waals surface area contributed by atoms with Crippen LogP contribution in [0, 0.1) is 0 Å². The Morgan fingerprint density at radius 3 is 2.03 bits per heavy atom. The first kappa shape index (κ1) is 27.8. The molecule has 0 spiro atoms. The van der Waals surface area contributed by atoms with Crippen LogP contribution in [0.3, 0.4) is 0 Å². The number of nitrogens with zero attached hydrogens (tertiary/aromatic N) is 2. The van der Waals surface area contributed by atoms with Gasteiger partial charge in [0.2, 0.25) is 11.8 Å². The van der Waals surface area contributed by atoms with Crippen molar-refractivity contribution in [2.75, 3.05) is 17.9 Å². The van der Waals surface area contributed by atoms with Crippen molar-refractivity contribution in [3.8, 4) is 0 Å². The van der Waals surface area contributed by atoms with Gasteiger partial charge in [0.1, 0.15) is 12.6 Å². The van der Waals surface area contributed by atoms with Gasteiger partial charge in [0, 0.05) is 34.2 Å². The number of hydrogen-bond donors (Lipinski definition) is 1. The third-order valence-electron chi connectivity index (χ3n) is 5.53. The molecule has 7 nitrogen and oxygen atoms in total. The Balaban J connectivity index is 2.05. The molecule has 0 bridgehead atoms. The van der Waals surface area contributed by atoms with Crippen molar-refractivity contribution in [3.63, 3.8) is 0 Å². The van der Waals surface area contributed by atoms with Gasteiger partial charge in [0.25, 0.3) is 10.0 Å². The molecule has 2 amide bonds. The number of rotatable bonds is 9. The highest BCUT2D eigenvalue weighted by molar-refractivity contribution is 7.92. The number of benzene rings is 3. The molecular formula is C25H24Cl3N3O4S. The van der Waals surface area contributed by atoms with Crippen molar-refractivity contribution < 1.29 is 18.0 Å². The van der Waals surface area contributed by atoms with E-state index in [4.69, 9.17) is 34.8 Å². The van der Waals surface area contributed by atoms with Crippen LogP contribution in [-0.4, -0.2) is 44.8 Å². The van der Waals surface area contributed by atoms with E-state index < -0.39 is 34.4 Å². The lowest BCUT2D eigenvalue weighted by Crippen LogP contribution is -2.50. The number of hydrogen-bond acceptors (Lipinski definition) is 4. The van der Waals surface area contributed by atoms with Gasteiger partial charge in [-0.1, -0.05) is 59.1 Å². The summed E-state index contributed by atoms with van der Waals surface area (Å²) in [6, 6.07) is 17.8. The summed E-state index contributed by atoms with van der Waals surface area (Å²) in [7, 11) is -2.70. The molecule has 1 N–H and O–H groups in total. The van der Waals surface area contributed by atoms with Crippen molar-refractivity contribution in [3.05, 3.63) is 93.4 Å². The Morgan fingerprint density at radius 1 is 0.889 bits per heavy atom. The summed E-state index contributed by atoms with van der Waals surface area (Å²) < 4.78 is 28.2. The van der Waals surface area contributed by atoms with Crippen LogP contribution < -0.4 is 9.62 Å². The summed E-state index contributed by atoms with van der Waals surface area (Å²) in [5.74, 6) is -1.06. The fourth-order valence-corrected chi connectivity index (χ4v) is 5.58. The molecule has 36 heavy (non-hydrogen) atoms. The Morgan fingerprint density at radius 2 is 1.47 bits per heavy atom. The number of carbonyl (C=O) groups is 2. The van der Waals surface area contributed by atoms with Gasteiger partial charge in [-0.2, -0.15) is 0 Å². The fourth-order valence-electron chi connectivity index (χ4n) is 3.50. The maximum Gasteiger partial charge on any atom is 0.264 e. The van der Waals surface area contributed by atoms with Gasteiger partial charge in [-0.05, 0) is 55.5 Å². The van der Waals surface area contributed by atoms with Crippen LogP contribution in [0.15, 0.2) is 77.7 Å². The van der Waals surface area contributed by atoms with Gasteiger partial charge in [0.05, 0.1) is 10.6 Å². The van der Waals surface area contributed by atoms with Crippen LogP contribution in [0.5, 0.6) is 0 Å². The van der Waals surface area contributed by atoms with E-state index in [2.05, 4.69) is 5.32 Å². The van der Waals surface area contributed by atoms with Crippen molar-refractivity contribution in [2.24, 2.45) is 0 Å². The van der Waals surface area contributed by atoms with Crippen molar-refractivity contribution in [1.29, 1.82) is 0 Å². The molecule has 0 aliphatic heterocycles. The van der Waals surface area contributed by atoms with Gasteiger partial charge in [0.15, 0.2) is 0 Å². The van der Waals surface area contributed by atoms with Crippen molar-refractivity contribution in [2.45, 2.75) is 24.4 Å². The Labute approximate surface area is 225 Å². The maximum absolute atomic E-state index is 13.7. The number of amides is 2. The van der Waals surface area contributed by atoms with Gasteiger partial charge in [-0.3, -0.25) is 13.9 Å². The highest BCUT2D eigenvalue weighted by Gasteiger charge is 2.32. The Bertz CT molecular complexity index is 1320. The first-order chi connectivity index (χ1) is 17.1. The fraction of sp³-hybridized carbons (Fsp3) is 0.200. The summed E-state index contributed by atoms with van der Waals surface area (Å²) in [4.78, 5) is 27.5. The lowest BCUT2D eigenvalue weighted by molar-refractivity contribution is -0.139. The van der Waals surface area contributed by atoms with Crippen LogP contribution in [0.25, 0.3) is 0 Å². The predicted molar refractivity (Wildman–Crippen MR) is 143 cm³/mol. The first-order valence-electron chi connectivity index (χ1n) is 10.8. The number of likely N-dealkylation sites (N-methyl/N-ethyl adjacent to an activating group) is 1. The minimum Gasteiger partial charge on any atom is -0.357 e. The number of nitrogens with one attached hydrogen (secondary N) is 1. The Hall–Kier alpha value is -2.78. The zero-order valence-electron chi connectivity index (χ0n) is 19.5. The molecule has 0 heterocycles. The normalized spacial score (nSPS) is 12.0. The van der Waals surface area contributed by atoms with E-state index >= 15 is 0 Å². The van der Waals surface area contributed by atoms with E-state index in [1.807, 2.05) is 0 Å². The molecule has 3 rings (SSSR count). The zero-order valence-corrected chi connectivity index (χ0v) is 22.6. The van der Waals surface area contributed by atoms with Crippen LogP contribution in [0.1, 0.15) is 12.5 Å². The minimum atomic E-state index is -4.15. The van der Waals surface area contributed by atoms with Gasteiger partial charge < -0.3 is 10.2 Å². The third kappa shape index (κ3) is 6.31. The molecule has 3 aromatic carbocycles. The molecule has 0 radical (unpaired) electrons. The summed E-state index contributed by atoms with van der Waals surface area (Å²) >= 11 is 18.7. The van der Waals surface area contributed by atoms with Crippen LogP contribution >= 0.6 is 34.8 Å². The zero-order chi connectivity index (χ0) is 26.5. The summed E-state index contributed by atoms with van der Waals surface area (Å²) in [6.07, 6.45) is 0. The molecule has 190 valence electrons. The van der Waals surface area contributed by atoms with E-state index in [-0.39, 0.29) is 17.1 Å². The molecule has 0 aliphatic carbocycles. The van der Waals surface area contributed by atoms with Crippen LogP contribution in [0.2, 0.25) is 15.1 Å². The molecule has 0 aliphatic rings. The average Bonchev–Trinajstić information content (AvgIpc) is 2.87. The maximum atomic E-state index is 13.7. The smallest absolute Gasteiger partial charge is 0.264 e. The summed E-state index contributed by atoms with van der Waals surface area (Å²) in [5, 5.41) is 3.56. The van der Waals surface area contributed by atoms with E-state index in [1.165, 1.54) is 48.3 Å². The quantitative estimate of drug-likeness (QED) is 0.393. The molecular weight excluding hydrogens is 545 g/mol. The number of carbonyl (C=O) groups excluding carboxylic acids is 2. The Kier molecular flexibility index (Phi) is 9.24. The van der Waals surface area contributed by atoms with Crippen LogP contribution in [0.4, 0.5) is 5.69 Å². The van der Waals surface area contributed by atoms with Crippen molar-refractivity contribution >= 4 is 62.3 Å². The highest BCUT2D eigenvalue weighted by atomic mass is 35.5. The number of anilines is 1. The molecule has 1 unspecified atom stereocenters. The van der Waals surface area contributed by atoms with Gasteiger partial charge in [-0.25, -0.2) is 8.42 Å².